The maximum atomic E-state index is 12.4. The highest BCUT2D eigenvalue weighted by atomic mass is 16.5. The van der Waals surface area contributed by atoms with E-state index in [2.05, 4.69) is 0 Å². The van der Waals surface area contributed by atoms with Crippen molar-refractivity contribution in [3.05, 3.63) is 29.3 Å². The van der Waals surface area contributed by atoms with E-state index in [0.717, 1.165) is 16.9 Å². The number of esters is 1. The van der Waals surface area contributed by atoms with Gasteiger partial charge in [0, 0.05) is 39.0 Å². The van der Waals surface area contributed by atoms with Crippen LogP contribution in [-0.2, 0) is 19.1 Å². The van der Waals surface area contributed by atoms with Gasteiger partial charge in [-0.15, -0.1) is 0 Å². The van der Waals surface area contributed by atoms with Crippen LogP contribution in [0.1, 0.15) is 43.7 Å². The minimum absolute atomic E-state index is 0.0628. The molecule has 1 heterocycles. The standard InChI is InChI=1S/C22H32N2O5/c1-4-28-21(27)11-10-20(26)24-14-12-23(13-15-24)19(25)9-6-16-29-22-17(2)7-5-8-18(22)3/h5,7-8H,4,6,9-16H2,1-3H3. The first-order valence-corrected chi connectivity index (χ1v) is 10.3. The molecule has 1 aliphatic rings. The minimum atomic E-state index is -0.349. The third-order valence-electron chi connectivity index (χ3n) is 5.02. The molecular formula is C22H32N2O5. The predicted octanol–water partition coefficient (Wildman–Crippen LogP) is 2.48. The van der Waals surface area contributed by atoms with E-state index < -0.39 is 0 Å². The Labute approximate surface area is 172 Å². The van der Waals surface area contributed by atoms with Crippen molar-refractivity contribution in [1.82, 2.24) is 9.80 Å². The first kappa shape index (κ1) is 22.7. The highest BCUT2D eigenvalue weighted by molar-refractivity contribution is 5.82. The van der Waals surface area contributed by atoms with Gasteiger partial charge in [0.1, 0.15) is 5.75 Å². The van der Waals surface area contributed by atoms with Crippen molar-refractivity contribution in [1.29, 1.82) is 0 Å². The van der Waals surface area contributed by atoms with E-state index in [9.17, 15) is 14.4 Å². The molecule has 0 atom stereocenters. The summed E-state index contributed by atoms with van der Waals surface area (Å²) in [7, 11) is 0. The van der Waals surface area contributed by atoms with E-state index >= 15 is 0 Å². The monoisotopic (exact) mass is 404 g/mol. The van der Waals surface area contributed by atoms with Gasteiger partial charge in [-0.2, -0.15) is 0 Å². The van der Waals surface area contributed by atoms with Crippen LogP contribution in [0.15, 0.2) is 18.2 Å². The number of piperazine rings is 1. The number of para-hydroxylation sites is 1. The van der Waals surface area contributed by atoms with E-state index in [0.29, 0.717) is 52.2 Å². The minimum Gasteiger partial charge on any atom is -0.493 e. The Hall–Kier alpha value is -2.57. The van der Waals surface area contributed by atoms with Crippen LogP contribution in [0, 0.1) is 13.8 Å². The van der Waals surface area contributed by atoms with Crippen molar-refractivity contribution in [3.63, 3.8) is 0 Å². The van der Waals surface area contributed by atoms with E-state index in [1.807, 2.05) is 32.0 Å². The van der Waals surface area contributed by atoms with Crippen LogP contribution in [0.25, 0.3) is 0 Å². The zero-order chi connectivity index (χ0) is 21.2. The molecule has 160 valence electrons. The molecule has 1 saturated heterocycles. The number of rotatable bonds is 9. The normalized spacial score (nSPS) is 13.9. The van der Waals surface area contributed by atoms with E-state index in [4.69, 9.17) is 9.47 Å². The highest BCUT2D eigenvalue weighted by Crippen LogP contribution is 2.22. The van der Waals surface area contributed by atoms with Gasteiger partial charge in [0.25, 0.3) is 0 Å². The molecule has 1 aromatic rings. The summed E-state index contributed by atoms with van der Waals surface area (Å²) in [6.07, 6.45) is 1.35. The van der Waals surface area contributed by atoms with E-state index in [1.54, 1.807) is 16.7 Å². The topological polar surface area (TPSA) is 76.2 Å². The molecule has 7 heteroatoms. The fourth-order valence-corrected chi connectivity index (χ4v) is 3.39. The van der Waals surface area contributed by atoms with Crippen LogP contribution >= 0.6 is 0 Å². The van der Waals surface area contributed by atoms with E-state index in [-0.39, 0.29) is 30.6 Å². The first-order chi connectivity index (χ1) is 13.9. The van der Waals surface area contributed by atoms with Crippen LogP contribution in [-0.4, -0.2) is 67.0 Å². The van der Waals surface area contributed by atoms with Gasteiger partial charge in [-0.1, -0.05) is 18.2 Å². The zero-order valence-electron chi connectivity index (χ0n) is 17.7. The number of carbonyl (C=O) groups is 3. The SMILES string of the molecule is CCOC(=O)CCC(=O)N1CCN(C(=O)CCCOc2c(C)cccc2C)CC1. The Morgan fingerprint density at radius 1 is 0.897 bits per heavy atom. The summed E-state index contributed by atoms with van der Waals surface area (Å²) in [5, 5.41) is 0. The molecule has 0 radical (unpaired) electrons. The Balaban J connectivity index is 1.65. The largest absolute Gasteiger partial charge is 0.493 e. The number of nitrogens with zero attached hydrogens (tertiary/aromatic N) is 2. The quantitative estimate of drug-likeness (QED) is 0.467. The molecular weight excluding hydrogens is 372 g/mol. The zero-order valence-corrected chi connectivity index (χ0v) is 17.7. The molecule has 1 aliphatic heterocycles. The molecule has 0 aliphatic carbocycles. The van der Waals surface area contributed by atoms with Gasteiger partial charge >= 0.3 is 5.97 Å². The first-order valence-electron chi connectivity index (χ1n) is 10.3. The van der Waals surface area contributed by atoms with Gasteiger partial charge in [-0.05, 0) is 38.3 Å². The van der Waals surface area contributed by atoms with Crippen molar-refractivity contribution in [2.24, 2.45) is 0 Å². The molecule has 2 rings (SSSR count). The van der Waals surface area contributed by atoms with Crippen LogP contribution in [0.3, 0.4) is 0 Å². The van der Waals surface area contributed by atoms with Gasteiger partial charge in [0.2, 0.25) is 11.8 Å². The number of benzene rings is 1. The van der Waals surface area contributed by atoms with Crippen molar-refractivity contribution < 1.29 is 23.9 Å². The average Bonchev–Trinajstić information content (AvgIpc) is 2.71. The van der Waals surface area contributed by atoms with Gasteiger partial charge in [-0.3, -0.25) is 14.4 Å². The summed E-state index contributed by atoms with van der Waals surface area (Å²) in [5.41, 5.74) is 2.19. The van der Waals surface area contributed by atoms with Gasteiger partial charge in [0.05, 0.1) is 19.6 Å². The molecule has 2 amide bonds. The summed E-state index contributed by atoms with van der Waals surface area (Å²) in [6.45, 7) is 8.67. The summed E-state index contributed by atoms with van der Waals surface area (Å²) >= 11 is 0. The lowest BCUT2D eigenvalue weighted by Crippen LogP contribution is -2.50. The lowest BCUT2D eigenvalue weighted by Gasteiger charge is -2.35. The molecule has 1 fully saturated rings. The number of aryl methyl sites for hydroxylation is 2. The lowest BCUT2D eigenvalue weighted by atomic mass is 10.1. The molecule has 0 N–H and O–H groups in total. The van der Waals surface area contributed by atoms with E-state index in [1.165, 1.54) is 0 Å². The van der Waals surface area contributed by atoms with Crippen molar-refractivity contribution in [2.75, 3.05) is 39.4 Å². The van der Waals surface area contributed by atoms with Gasteiger partial charge in [-0.25, -0.2) is 0 Å². The predicted molar refractivity (Wildman–Crippen MR) is 110 cm³/mol. The third-order valence-corrected chi connectivity index (χ3v) is 5.02. The average molecular weight is 405 g/mol. The van der Waals surface area contributed by atoms with Crippen LogP contribution in [0.5, 0.6) is 5.75 Å². The summed E-state index contributed by atoms with van der Waals surface area (Å²) in [4.78, 5) is 39.5. The summed E-state index contributed by atoms with van der Waals surface area (Å²) < 4.78 is 10.7. The maximum Gasteiger partial charge on any atom is 0.306 e. The molecule has 0 spiro atoms. The fourth-order valence-electron chi connectivity index (χ4n) is 3.39. The second-order valence-electron chi connectivity index (χ2n) is 7.24. The molecule has 7 nitrogen and oxygen atoms in total. The Bertz CT molecular complexity index is 691. The third kappa shape index (κ3) is 7.07. The Morgan fingerprint density at radius 2 is 1.45 bits per heavy atom. The number of hydrogen-bond acceptors (Lipinski definition) is 5. The maximum absolute atomic E-state index is 12.4. The smallest absolute Gasteiger partial charge is 0.306 e. The van der Waals surface area contributed by atoms with Gasteiger partial charge < -0.3 is 19.3 Å². The molecule has 0 aromatic heterocycles. The Morgan fingerprint density at radius 3 is 2.00 bits per heavy atom. The van der Waals surface area contributed by atoms with Crippen LogP contribution < -0.4 is 4.74 Å². The van der Waals surface area contributed by atoms with Crippen molar-refractivity contribution >= 4 is 17.8 Å². The van der Waals surface area contributed by atoms with Gasteiger partial charge in [0.15, 0.2) is 0 Å². The number of ether oxygens (including phenoxy) is 2. The molecule has 0 saturated carbocycles. The molecule has 29 heavy (non-hydrogen) atoms. The van der Waals surface area contributed by atoms with Crippen LogP contribution in [0.2, 0.25) is 0 Å². The summed E-state index contributed by atoms with van der Waals surface area (Å²) in [5.74, 6) is 0.577. The highest BCUT2D eigenvalue weighted by Gasteiger charge is 2.24. The number of carbonyl (C=O) groups excluding carboxylic acids is 3. The lowest BCUT2D eigenvalue weighted by molar-refractivity contribution is -0.146. The Kier molecular flexibility index (Phi) is 8.96. The van der Waals surface area contributed by atoms with Crippen molar-refractivity contribution in [2.45, 2.75) is 46.5 Å². The molecule has 1 aromatic carbocycles. The summed E-state index contributed by atoms with van der Waals surface area (Å²) in [6, 6.07) is 6.03. The number of hydrogen-bond donors (Lipinski definition) is 0. The van der Waals surface area contributed by atoms with Crippen molar-refractivity contribution in [3.8, 4) is 5.75 Å². The molecule has 0 bridgehead atoms. The van der Waals surface area contributed by atoms with Crippen LogP contribution in [0.4, 0.5) is 0 Å². The fraction of sp³-hybridized carbons (Fsp3) is 0.591. The number of amides is 2. The molecule has 0 unspecified atom stereocenters. The second kappa shape index (κ2) is 11.4. The second-order valence-corrected chi connectivity index (χ2v) is 7.24.